The number of rotatable bonds is 1. The minimum Gasteiger partial charge on any atom is -0.397 e. The Hall–Kier alpha value is -0.790. The SMILES string of the molecule is N#CC=C(N)c1ccc(Br)s1. The zero-order chi connectivity index (χ0) is 8.27. The Bertz CT molecular complexity index is 321. The van der Waals surface area contributed by atoms with Crippen molar-refractivity contribution in [1.82, 2.24) is 0 Å². The molecule has 0 saturated heterocycles. The molecule has 0 bridgehead atoms. The summed E-state index contributed by atoms with van der Waals surface area (Å²) in [4.78, 5) is 0.915. The zero-order valence-electron chi connectivity index (χ0n) is 5.54. The Morgan fingerprint density at radius 2 is 2.45 bits per heavy atom. The van der Waals surface area contributed by atoms with Gasteiger partial charge < -0.3 is 5.73 Å². The highest BCUT2D eigenvalue weighted by Gasteiger charge is 1.98. The minimum absolute atomic E-state index is 0.517. The first-order chi connectivity index (χ1) is 5.24. The van der Waals surface area contributed by atoms with Crippen LogP contribution in [0.15, 0.2) is 22.0 Å². The fraction of sp³-hybridized carbons (Fsp3) is 0. The number of thiophene rings is 1. The highest BCUT2D eigenvalue weighted by atomic mass is 79.9. The maximum atomic E-state index is 8.29. The van der Waals surface area contributed by atoms with Gasteiger partial charge in [-0.15, -0.1) is 11.3 Å². The summed E-state index contributed by atoms with van der Waals surface area (Å²) in [6.45, 7) is 0. The fourth-order valence-corrected chi connectivity index (χ4v) is 1.92. The molecule has 1 heterocycles. The van der Waals surface area contributed by atoms with E-state index in [-0.39, 0.29) is 0 Å². The second-order valence-electron chi connectivity index (χ2n) is 1.83. The van der Waals surface area contributed by atoms with E-state index in [4.69, 9.17) is 11.0 Å². The molecule has 2 nitrogen and oxygen atoms in total. The standard InChI is InChI=1S/C7H5BrN2S/c8-7-2-1-6(11-7)5(10)3-4-9/h1-3H,10H2. The summed E-state index contributed by atoms with van der Waals surface area (Å²) in [5.74, 6) is 0. The lowest BCUT2D eigenvalue weighted by atomic mass is 10.3. The van der Waals surface area contributed by atoms with Crippen LogP contribution in [0.4, 0.5) is 0 Å². The van der Waals surface area contributed by atoms with Gasteiger partial charge >= 0.3 is 0 Å². The number of nitrogens with two attached hydrogens (primary N) is 1. The zero-order valence-corrected chi connectivity index (χ0v) is 7.95. The summed E-state index contributed by atoms with van der Waals surface area (Å²) in [5.41, 5.74) is 6.06. The first kappa shape index (κ1) is 8.31. The molecule has 0 aliphatic rings. The van der Waals surface area contributed by atoms with Crippen molar-refractivity contribution in [3.8, 4) is 6.07 Å². The Morgan fingerprint density at radius 1 is 1.73 bits per heavy atom. The molecule has 1 rings (SSSR count). The maximum Gasteiger partial charge on any atom is 0.0934 e. The highest BCUT2D eigenvalue weighted by Crippen LogP contribution is 2.25. The molecule has 4 heteroatoms. The van der Waals surface area contributed by atoms with Crippen LogP contribution in [0.5, 0.6) is 0 Å². The van der Waals surface area contributed by atoms with Crippen LogP contribution in [0, 0.1) is 11.3 Å². The smallest absolute Gasteiger partial charge is 0.0934 e. The molecule has 11 heavy (non-hydrogen) atoms. The third-order valence-electron chi connectivity index (χ3n) is 1.08. The van der Waals surface area contributed by atoms with E-state index >= 15 is 0 Å². The second kappa shape index (κ2) is 3.56. The first-order valence-electron chi connectivity index (χ1n) is 2.85. The lowest BCUT2D eigenvalue weighted by Crippen LogP contribution is -1.91. The molecular weight excluding hydrogens is 224 g/mol. The molecular formula is C7H5BrN2S. The van der Waals surface area contributed by atoms with Gasteiger partial charge in [0.05, 0.1) is 20.4 Å². The van der Waals surface area contributed by atoms with Gasteiger partial charge in [-0.1, -0.05) is 0 Å². The molecule has 0 radical (unpaired) electrons. The molecule has 0 aromatic carbocycles. The number of allylic oxidation sites excluding steroid dienone is 1. The van der Waals surface area contributed by atoms with Gasteiger partial charge in [0, 0.05) is 6.08 Å². The normalized spacial score (nSPS) is 11.1. The van der Waals surface area contributed by atoms with Crippen molar-refractivity contribution >= 4 is 33.0 Å². The van der Waals surface area contributed by atoms with Gasteiger partial charge in [0.1, 0.15) is 0 Å². The summed E-state index contributed by atoms with van der Waals surface area (Å²) in [6.07, 6.45) is 1.33. The van der Waals surface area contributed by atoms with Crippen molar-refractivity contribution in [2.24, 2.45) is 5.73 Å². The molecule has 1 aromatic heterocycles. The van der Waals surface area contributed by atoms with Gasteiger partial charge in [0.25, 0.3) is 0 Å². The topological polar surface area (TPSA) is 49.8 Å². The van der Waals surface area contributed by atoms with E-state index in [9.17, 15) is 0 Å². The fourth-order valence-electron chi connectivity index (χ4n) is 0.610. The molecule has 0 fully saturated rings. The van der Waals surface area contributed by atoms with E-state index in [0.29, 0.717) is 5.70 Å². The molecule has 0 aliphatic heterocycles. The third kappa shape index (κ3) is 2.07. The van der Waals surface area contributed by atoms with Crippen LogP contribution in [0.1, 0.15) is 4.88 Å². The van der Waals surface area contributed by atoms with Crippen LogP contribution in [-0.2, 0) is 0 Å². The van der Waals surface area contributed by atoms with Crippen molar-refractivity contribution in [3.63, 3.8) is 0 Å². The molecule has 0 amide bonds. The van der Waals surface area contributed by atoms with E-state index in [1.165, 1.54) is 17.4 Å². The molecule has 2 N–H and O–H groups in total. The molecule has 0 atom stereocenters. The molecule has 56 valence electrons. The monoisotopic (exact) mass is 228 g/mol. The quantitative estimate of drug-likeness (QED) is 0.751. The summed E-state index contributed by atoms with van der Waals surface area (Å²) >= 11 is 4.81. The largest absolute Gasteiger partial charge is 0.397 e. The molecule has 0 aliphatic carbocycles. The average Bonchev–Trinajstić information content (AvgIpc) is 2.36. The minimum atomic E-state index is 0.517. The van der Waals surface area contributed by atoms with Gasteiger partial charge in [-0.05, 0) is 28.1 Å². The van der Waals surface area contributed by atoms with E-state index in [1.54, 1.807) is 0 Å². The molecule has 0 spiro atoms. The van der Waals surface area contributed by atoms with Gasteiger partial charge in [0.2, 0.25) is 0 Å². The van der Waals surface area contributed by atoms with Crippen molar-refractivity contribution in [2.75, 3.05) is 0 Å². The van der Waals surface area contributed by atoms with Crippen LogP contribution in [0.25, 0.3) is 5.70 Å². The highest BCUT2D eigenvalue weighted by molar-refractivity contribution is 9.11. The predicted octanol–water partition coefficient (Wildman–Crippen LogP) is 2.33. The maximum absolute atomic E-state index is 8.29. The number of nitriles is 1. The van der Waals surface area contributed by atoms with Gasteiger partial charge in [-0.3, -0.25) is 0 Å². The Labute approximate surface area is 77.1 Å². The average molecular weight is 229 g/mol. The Balaban J connectivity index is 2.95. The predicted molar refractivity (Wildman–Crippen MR) is 49.8 cm³/mol. The number of hydrogen-bond donors (Lipinski definition) is 1. The summed E-state index contributed by atoms with van der Waals surface area (Å²) in [7, 11) is 0. The van der Waals surface area contributed by atoms with Crippen LogP contribution in [-0.4, -0.2) is 0 Å². The van der Waals surface area contributed by atoms with E-state index in [2.05, 4.69) is 15.9 Å². The lowest BCUT2D eigenvalue weighted by Gasteiger charge is -1.90. The van der Waals surface area contributed by atoms with Crippen molar-refractivity contribution in [3.05, 3.63) is 26.9 Å². The first-order valence-corrected chi connectivity index (χ1v) is 4.46. The van der Waals surface area contributed by atoms with Crippen LogP contribution < -0.4 is 5.73 Å². The van der Waals surface area contributed by atoms with Crippen LogP contribution >= 0.6 is 27.3 Å². The van der Waals surface area contributed by atoms with E-state index in [0.717, 1.165) is 8.66 Å². The lowest BCUT2D eigenvalue weighted by molar-refractivity contribution is 1.52. The number of halogens is 1. The van der Waals surface area contributed by atoms with Crippen molar-refractivity contribution in [1.29, 1.82) is 5.26 Å². The third-order valence-corrected chi connectivity index (χ3v) is 2.75. The summed E-state index contributed by atoms with van der Waals surface area (Å²) < 4.78 is 1.02. The Kier molecular flexibility index (Phi) is 2.69. The molecule has 1 aromatic rings. The van der Waals surface area contributed by atoms with Gasteiger partial charge in [-0.2, -0.15) is 5.26 Å². The van der Waals surface area contributed by atoms with Crippen LogP contribution in [0.3, 0.4) is 0 Å². The van der Waals surface area contributed by atoms with E-state index < -0.39 is 0 Å². The summed E-state index contributed by atoms with van der Waals surface area (Å²) in [6, 6.07) is 5.65. The number of hydrogen-bond acceptors (Lipinski definition) is 3. The number of nitrogens with zero attached hydrogens (tertiary/aromatic N) is 1. The van der Waals surface area contributed by atoms with Crippen molar-refractivity contribution in [2.45, 2.75) is 0 Å². The van der Waals surface area contributed by atoms with Gasteiger partial charge in [0.15, 0.2) is 0 Å². The van der Waals surface area contributed by atoms with Gasteiger partial charge in [-0.25, -0.2) is 0 Å². The van der Waals surface area contributed by atoms with E-state index in [1.807, 2.05) is 18.2 Å². The summed E-state index contributed by atoms with van der Waals surface area (Å²) in [5, 5.41) is 8.29. The molecule has 0 unspecified atom stereocenters. The Morgan fingerprint density at radius 3 is 2.91 bits per heavy atom. The molecule has 0 saturated carbocycles. The van der Waals surface area contributed by atoms with Crippen molar-refractivity contribution < 1.29 is 0 Å². The second-order valence-corrected chi connectivity index (χ2v) is 4.30. The van der Waals surface area contributed by atoms with Crippen LogP contribution in [0.2, 0.25) is 0 Å².